The number of amides is 1. The number of benzene rings is 3. The molecule has 0 aliphatic rings. The summed E-state index contributed by atoms with van der Waals surface area (Å²) in [5, 5.41) is 4.85. The van der Waals surface area contributed by atoms with E-state index in [9.17, 15) is 9.59 Å². The molecule has 0 bridgehead atoms. The van der Waals surface area contributed by atoms with Gasteiger partial charge in [0.25, 0.3) is 0 Å². The van der Waals surface area contributed by atoms with Crippen LogP contribution in [0.15, 0.2) is 89.1 Å². The monoisotopic (exact) mass is 502 g/mol. The molecule has 1 unspecified atom stereocenters. The van der Waals surface area contributed by atoms with Gasteiger partial charge in [-0.25, -0.2) is 4.79 Å². The maximum Gasteiger partial charge on any atom is 0.341 e. The molecule has 5 nitrogen and oxygen atoms in total. The van der Waals surface area contributed by atoms with Gasteiger partial charge in [0.2, 0.25) is 5.91 Å². The summed E-state index contributed by atoms with van der Waals surface area (Å²) in [6.45, 7) is 4.02. The molecule has 0 fully saturated rings. The van der Waals surface area contributed by atoms with E-state index in [0.717, 1.165) is 27.1 Å². The molecular formula is C28H26N2O3S2. The smallest absolute Gasteiger partial charge is 0.341 e. The van der Waals surface area contributed by atoms with Gasteiger partial charge in [0.15, 0.2) is 0 Å². The van der Waals surface area contributed by atoms with Crippen LogP contribution in [0, 0.1) is 6.92 Å². The molecule has 7 heteroatoms. The highest BCUT2D eigenvalue weighted by Gasteiger charge is 2.27. The number of anilines is 2. The Bertz CT molecular complexity index is 1300. The molecule has 4 rings (SSSR count). The Kier molecular flexibility index (Phi) is 7.90. The standard InChI is InChI=1S/C28H26N2O3S2/c1-3-33-28(32)24-23(19-11-9-18(2)10-12-19)17-34-27(24)30-26(31)25(20-7-5-4-6-8-20)35-22-15-13-21(29)14-16-22/h4-17,25H,3,29H2,1-2H3,(H,30,31). The zero-order valence-corrected chi connectivity index (χ0v) is 21.1. The lowest BCUT2D eigenvalue weighted by atomic mass is 10.0. The van der Waals surface area contributed by atoms with Crippen molar-refractivity contribution in [3.8, 4) is 11.1 Å². The van der Waals surface area contributed by atoms with E-state index in [4.69, 9.17) is 10.5 Å². The average Bonchev–Trinajstić information content (AvgIpc) is 3.28. The fraction of sp³-hybridized carbons (Fsp3) is 0.143. The van der Waals surface area contributed by atoms with Crippen LogP contribution in [0.4, 0.5) is 10.7 Å². The van der Waals surface area contributed by atoms with E-state index >= 15 is 0 Å². The number of carbonyl (C=O) groups is 2. The molecule has 0 aliphatic heterocycles. The second kappa shape index (κ2) is 11.3. The topological polar surface area (TPSA) is 81.4 Å². The molecule has 0 saturated heterocycles. The van der Waals surface area contributed by atoms with E-state index in [2.05, 4.69) is 5.32 Å². The Labute approximate surface area is 213 Å². The second-order valence-corrected chi connectivity index (χ2v) is 9.97. The highest BCUT2D eigenvalue weighted by molar-refractivity contribution is 8.00. The molecule has 1 heterocycles. The van der Waals surface area contributed by atoms with Crippen LogP contribution in [0.25, 0.3) is 11.1 Å². The number of nitrogens with one attached hydrogen (secondary N) is 1. The number of hydrogen-bond acceptors (Lipinski definition) is 6. The van der Waals surface area contributed by atoms with Crippen LogP contribution in [0.1, 0.15) is 33.7 Å². The maximum atomic E-state index is 13.6. The Hall–Kier alpha value is -3.55. The minimum atomic E-state index is -0.528. The van der Waals surface area contributed by atoms with Crippen LogP contribution < -0.4 is 11.1 Å². The second-order valence-electron chi connectivity index (χ2n) is 7.91. The van der Waals surface area contributed by atoms with Crippen molar-refractivity contribution in [2.45, 2.75) is 24.0 Å². The first-order valence-corrected chi connectivity index (χ1v) is 13.0. The minimum absolute atomic E-state index is 0.221. The van der Waals surface area contributed by atoms with Gasteiger partial charge in [-0.15, -0.1) is 23.1 Å². The lowest BCUT2D eigenvalue weighted by Crippen LogP contribution is -2.20. The number of aryl methyl sites for hydroxylation is 1. The third-order valence-corrected chi connectivity index (χ3v) is 7.51. The van der Waals surface area contributed by atoms with Crippen LogP contribution in [0.3, 0.4) is 0 Å². The summed E-state index contributed by atoms with van der Waals surface area (Å²) in [5.41, 5.74) is 10.5. The number of esters is 1. The van der Waals surface area contributed by atoms with Crippen molar-refractivity contribution < 1.29 is 14.3 Å². The normalized spacial score (nSPS) is 11.6. The third-order valence-electron chi connectivity index (χ3n) is 5.34. The van der Waals surface area contributed by atoms with Crippen molar-refractivity contribution in [1.29, 1.82) is 0 Å². The van der Waals surface area contributed by atoms with Gasteiger partial charge in [-0.1, -0.05) is 60.2 Å². The Morgan fingerprint density at radius 2 is 1.69 bits per heavy atom. The first-order valence-electron chi connectivity index (χ1n) is 11.2. The number of carbonyl (C=O) groups excluding carboxylic acids is 2. The van der Waals surface area contributed by atoms with Gasteiger partial charge in [-0.05, 0) is 49.2 Å². The third kappa shape index (κ3) is 5.93. The van der Waals surface area contributed by atoms with Crippen LogP contribution in [-0.2, 0) is 9.53 Å². The molecule has 0 aliphatic carbocycles. The van der Waals surface area contributed by atoms with Crippen molar-refractivity contribution in [3.63, 3.8) is 0 Å². The van der Waals surface area contributed by atoms with Gasteiger partial charge in [0, 0.05) is 21.5 Å². The number of hydrogen-bond donors (Lipinski definition) is 2. The number of ether oxygens (including phenoxy) is 1. The number of nitrogens with two attached hydrogens (primary N) is 1. The summed E-state index contributed by atoms with van der Waals surface area (Å²) in [6.07, 6.45) is 0. The molecular weight excluding hydrogens is 476 g/mol. The van der Waals surface area contributed by atoms with E-state index in [1.807, 2.05) is 91.2 Å². The van der Waals surface area contributed by atoms with Crippen molar-refractivity contribution in [1.82, 2.24) is 0 Å². The Morgan fingerprint density at radius 1 is 1.00 bits per heavy atom. The van der Waals surface area contributed by atoms with E-state index in [-0.39, 0.29) is 12.5 Å². The number of nitrogen functional groups attached to an aromatic ring is 1. The van der Waals surface area contributed by atoms with Gasteiger partial charge >= 0.3 is 5.97 Å². The summed E-state index contributed by atoms with van der Waals surface area (Å²) in [5.74, 6) is -0.678. The van der Waals surface area contributed by atoms with E-state index in [0.29, 0.717) is 16.3 Å². The van der Waals surface area contributed by atoms with Crippen molar-refractivity contribution in [2.75, 3.05) is 17.7 Å². The number of thioether (sulfide) groups is 1. The van der Waals surface area contributed by atoms with Crippen LogP contribution in [0.2, 0.25) is 0 Å². The summed E-state index contributed by atoms with van der Waals surface area (Å²) in [4.78, 5) is 27.5. The van der Waals surface area contributed by atoms with E-state index < -0.39 is 11.2 Å². The van der Waals surface area contributed by atoms with Gasteiger partial charge < -0.3 is 15.8 Å². The summed E-state index contributed by atoms with van der Waals surface area (Å²) in [7, 11) is 0. The zero-order chi connectivity index (χ0) is 24.8. The average molecular weight is 503 g/mol. The van der Waals surface area contributed by atoms with E-state index in [1.165, 1.54) is 23.1 Å². The molecule has 1 amide bonds. The quantitative estimate of drug-likeness (QED) is 0.155. The first kappa shape index (κ1) is 24.6. The summed E-state index contributed by atoms with van der Waals surface area (Å²) in [6, 6.07) is 24.9. The Balaban J connectivity index is 1.68. The van der Waals surface area contributed by atoms with Crippen LogP contribution in [-0.4, -0.2) is 18.5 Å². The van der Waals surface area contributed by atoms with Crippen LogP contribution >= 0.6 is 23.1 Å². The SMILES string of the molecule is CCOC(=O)c1c(-c2ccc(C)cc2)csc1NC(=O)C(Sc1ccc(N)cc1)c1ccccc1. The molecule has 0 saturated carbocycles. The minimum Gasteiger partial charge on any atom is -0.462 e. The fourth-order valence-corrected chi connectivity index (χ4v) is 5.55. The number of thiophene rings is 1. The zero-order valence-electron chi connectivity index (χ0n) is 19.5. The highest BCUT2D eigenvalue weighted by Crippen LogP contribution is 2.40. The summed E-state index contributed by atoms with van der Waals surface area (Å²) < 4.78 is 5.35. The van der Waals surface area contributed by atoms with Gasteiger partial charge in [-0.2, -0.15) is 0 Å². The predicted molar refractivity (Wildman–Crippen MR) is 145 cm³/mol. The molecule has 1 aromatic heterocycles. The molecule has 0 radical (unpaired) electrons. The maximum absolute atomic E-state index is 13.6. The first-order chi connectivity index (χ1) is 17.0. The van der Waals surface area contributed by atoms with Crippen LogP contribution in [0.5, 0.6) is 0 Å². The lowest BCUT2D eigenvalue weighted by Gasteiger charge is -2.17. The molecule has 3 N–H and O–H groups in total. The van der Waals surface area contributed by atoms with Crippen molar-refractivity contribution in [2.24, 2.45) is 0 Å². The molecule has 1 atom stereocenters. The van der Waals surface area contributed by atoms with Gasteiger partial charge in [0.1, 0.15) is 15.8 Å². The largest absolute Gasteiger partial charge is 0.462 e. The Morgan fingerprint density at radius 3 is 2.34 bits per heavy atom. The molecule has 178 valence electrons. The molecule has 3 aromatic carbocycles. The van der Waals surface area contributed by atoms with Crippen molar-refractivity contribution >= 4 is 45.7 Å². The summed E-state index contributed by atoms with van der Waals surface area (Å²) >= 11 is 2.75. The molecule has 35 heavy (non-hydrogen) atoms. The predicted octanol–water partition coefficient (Wildman–Crippen LogP) is 6.95. The number of rotatable bonds is 8. The molecule has 4 aromatic rings. The van der Waals surface area contributed by atoms with Gasteiger partial charge in [-0.3, -0.25) is 4.79 Å². The van der Waals surface area contributed by atoms with Crippen molar-refractivity contribution in [3.05, 3.63) is 101 Å². The molecule has 0 spiro atoms. The highest BCUT2D eigenvalue weighted by atomic mass is 32.2. The van der Waals surface area contributed by atoms with Gasteiger partial charge in [0.05, 0.1) is 6.61 Å². The lowest BCUT2D eigenvalue weighted by molar-refractivity contribution is -0.115. The fourth-order valence-electron chi connectivity index (χ4n) is 3.56. The van der Waals surface area contributed by atoms with E-state index in [1.54, 1.807) is 6.92 Å².